The first kappa shape index (κ1) is 47.0. The van der Waals surface area contributed by atoms with Gasteiger partial charge in [0.05, 0.1) is 31.9 Å². The van der Waals surface area contributed by atoms with Crippen molar-refractivity contribution in [3.63, 3.8) is 0 Å². The second-order valence-electron chi connectivity index (χ2n) is 15.1. The molecule has 1 aromatic rings. The molecule has 1 saturated heterocycles. The van der Waals surface area contributed by atoms with Crippen LogP contribution in [0.25, 0.3) is 0 Å². The molecule has 57 heavy (non-hydrogen) atoms. The standard InChI is InChI=1S/C41H64N6O10/c1-5-7-19-32(37(42)50)44-34(48)24-43-40(53)36(49)31(14-6-2)45-39(52)33-23-30(57-26-56-21-20-55-4)25-47(33)41(54)35(29-17-12-9-13-18-29)46-38(51)27(3)22-28-15-10-8-11-16-28/h8,10-11,15-16,27,29-33,35H,5-7,9,12-14,17-26H2,1-4H3,(H2,42,50)(H,43,53)(H,44,48)(H,45,52)(H,46,51). The minimum absolute atomic E-state index is 0.0375. The van der Waals surface area contributed by atoms with Crippen LogP contribution in [0.1, 0.15) is 97.0 Å². The van der Waals surface area contributed by atoms with E-state index in [0.717, 1.165) is 44.1 Å². The van der Waals surface area contributed by atoms with Gasteiger partial charge in [-0.25, -0.2) is 0 Å². The number of methoxy groups -OCH3 is 1. The second-order valence-corrected chi connectivity index (χ2v) is 15.1. The van der Waals surface area contributed by atoms with Gasteiger partial charge < -0.3 is 46.1 Å². The van der Waals surface area contributed by atoms with E-state index in [-0.39, 0.29) is 44.6 Å². The average Bonchev–Trinajstić information content (AvgIpc) is 3.64. The first-order chi connectivity index (χ1) is 27.4. The van der Waals surface area contributed by atoms with Crippen molar-refractivity contribution in [1.82, 2.24) is 26.2 Å². The van der Waals surface area contributed by atoms with E-state index in [4.69, 9.17) is 19.9 Å². The Balaban J connectivity index is 1.78. The molecule has 1 aliphatic carbocycles. The quantitative estimate of drug-likeness (QED) is 0.0547. The van der Waals surface area contributed by atoms with E-state index in [0.29, 0.717) is 32.3 Å². The van der Waals surface area contributed by atoms with Crippen LogP contribution in [0.15, 0.2) is 30.3 Å². The molecular formula is C41H64N6O10. The highest BCUT2D eigenvalue weighted by molar-refractivity contribution is 6.38. The molecule has 6 amide bonds. The first-order valence-corrected chi connectivity index (χ1v) is 20.4. The lowest BCUT2D eigenvalue weighted by Crippen LogP contribution is -2.58. The number of carbonyl (C=O) groups is 7. The minimum Gasteiger partial charge on any atom is -0.382 e. The van der Waals surface area contributed by atoms with E-state index in [9.17, 15) is 33.6 Å². The van der Waals surface area contributed by atoms with Crippen molar-refractivity contribution in [2.45, 2.75) is 128 Å². The van der Waals surface area contributed by atoms with Crippen LogP contribution in [0.4, 0.5) is 0 Å². The number of nitrogens with one attached hydrogen (secondary N) is 4. The molecule has 0 aromatic heterocycles. The number of benzene rings is 1. The Bertz CT molecular complexity index is 1470. The van der Waals surface area contributed by atoms with Gasteiger partial charge in [-0.15, -0.1) is 0 Å². The summed E-state index contributed by atoms with van der Waals surface area (Å²) < 4.78 is 16.5. The van der Waals surface area contributed by atoms with Crippen molar-refractivity contribution in [3.05, 3.63) is 35.9 Å². The summed E-state index contributed by atoms with van der Waals surface area (Å²) in [6, 6.07) is 5.50. The van der Waals surface area contributed by atoms with Gasteiger partial charge in [-0.3, -0.25) is 33.6 Å². The number of hydrogen-bond acceptors (Lipinski definition) is 10. The molecule has 0 bridgehead atoms. The number of Topliss-reactive ketones (excluding diaryl/α,β-unsaturated/α-hetero) is 1. The zero-order valence-electron chi connectivity index (χ0n) is 34.1. The van der Waals surface area contributed by atoms with Gasteiger partial charge in [-0.2, -0.15) is 0 Å². The molecule has 0 radical (unpaired) electrons. The lowest BCUT2D eigenvalue weighted by atomic mass is 9.83. The maximum atomic E-state index is 14.6. The third-order valence-electron chi connectivity index (χ3n) is 10.6. The predicted molar refractivity (Wildman–Crippen MR) is 211 cm³/mol. The van der Waals surface area contributed by atoms with Crippen LogP contribution >= 0.6 is 0 Å². The van der Waals surface area contributed by atoms with Crippen molar-refractivity contribution in [1.29, 1.82) is 0 Å². The highest BCUT2D eigenvalue weighted by Gasteiger charge is 2.45. The molecule has 1 saturated carbocycles. The monoisotopic (exact) mass is 800 g/mol. The van der Waals surface area contributed by atoms with Crippen LogP contribution in [-0.2, 0) is 54.2 Å². The van der Waals surface area contributed by atoms with E-state index in [1.165, 1.54) is 4.90 Å². The molecule has 2 aliphatic rings. The third-order valence-corrected chi connectivity index (χ3v) is 10.6. The number of unbranched alkanes of at least 4 members (excludes halogenated alkanes) is 1. The summed E-state index contributed by atoms with van der Waals surface area (Å²) in [7, 11) is 1.55. The van der Waals surface area contributed by atoms with Crippen LogP contribution in [0.3, 0.4) is 0 Å². The largest absolute Gasteiger partial charge is 0.382 e. The smallest absolute Gasteiger partial charge is 0.290 e. The fourth-order valence-corrected chi connectivity index (χ4v) is 7.31. The molecule has 1 heterocycles. The van der Waals surface area contributed by atoms with Gasteiger partial charge in [0, 0.05) is 26.0 Å². The zero-order valence-corrected chi connectivity index (χ0v) is 34.1. The maximum Gasteiger partial charge on any atom is 0.290 e. The van der Waals surface area contributed by atoms with Gasteiger partial charge in [-0.05, 0) is 43.6 Å². The molecule has 1 aromatic carbocycles. The summed E-state index contributed by atoms with van der Waals surface area (Å²) in [5.41, 5.74) is 6.39. The summed E-state index contributed by atoms with van der Waals surface area (Å²) in [5, 5.41) is 10.5. The number of amides is 6. The SMILES string of the molecule is CCCCC(NC(=O)CNC(=O)C(=O)C(CCC)NC(=O)C1CC(OCOCCOC)CN1C(=O)C(NC(=O)C(C)Cc1ccccc1)C1CCCCC1)C(N)=O. The normalized spacial score (nSPS) is 19.1. The number of ether oxygens (including phenoxy) is 3. The van der Waals surface area contributed by atoms with E-state index >= 15 is 0 Å². The third kappa shape index (κ3) is 15.5. The molecule has 6 N–H and O–H groups in total. The Morgan fingerprint density at radius 2 is 1.61 bits per heavy atom. The van der Waals surface area contributed by atoms with Crippen molar-refractivity contribution in [3.8, 4) is 0 Å². The number of nitrogens with two attached hydrogens (primary N) is 1. The fraction of sp³-hybridized carbons (Fsp3) is 0.683. The number of likely N-dealkylation sites (tertiary alicyclic amines) is 1. The van der Waals surface area contributed by atoms with Gasteiger partial charge in [-0.1, -0.05) is 89.6 Å². The maximum absolute atomic E-state index is 14.6. The second kappa shape index (κ2) is 25.1. The van der Waals surface area contributed by atoms with E-state index < -0.39 is 78.1 Å². The molecule has 3 rings (SSSR count). The molecule has 2 fully saturated rings. The highest BCUT2D eigenvalue weighted by atomic mass is 16.7. The van der Waals surface area contributed by atoms with Crippen LogP contribution in [0, 0.1) is 11.8 Å². The number of hydrogen-bond donors (Lipinski definition) is 5. The number of ketones is 1. The van der Waals surface area contributed by atoms with Crippen LogP contribution in [0.5, 0.6) is 0 Å². The topological polar surface area (TPSA) is 225 Å². The van der Waals surface area contributed by atoms with Gasteiger partial charge >= 0.3 is 0 Å². The van der Waals surface area contributed by atoms with Crippen molar-refractivity contribution >= 4 is 41.2 Å². The van der Waals surface area contributed by atoms with Crippen molar-refractivity contribution in [2.24, 2.45) is 17.6 Å². The number of carbonyl (C=O) groups excluding carboxylic acids is 7. The summed E-state index contributed by atoms with van der Waals surface area (Å²) in [5.74, 6) is -5.35. The number of rotatable bonds is 25. The lowest BCUT2D eigenvalue weighted by molar-refractivity contribution is -0.145. The fourth-order valence-electron chi connectivity index (χ4n) is 7.31. The Labute approximate surface area is 336 Å². The molecular weight excluding hydrogens is 736 g/mol. The van der Waals surface area contributed by atoms with Gasteiger partial charge in [0.2, 0.25) is 35.3 Å². The van der Waals surface area contributed by atoms with Crippen molar-refractivity contribution in [2.75, 3.05) is 40.2 Å². The Morgan fingerprint density at radius 1 is 0.895 bits per heavy atom. The summed E-state index contributed by atoms with van der Waals surface area (Å²) in [4.78, 5) is 94.5. The van der Waals surface area contributed by atoms with Crippen LogP contribution in [-0.4, -0.2) is 117 Å². The number of primary amides is 1. The Hall–Kier alpha value is -4.41. The van der Waals surface area contributed by atoms with E-state index in [1.807, 2.05) is 44.2 Å². The highest BCUT2D eigenvalue weighted by Crippen LogP contribution is 2.30. The van der Waals surface area contributed by atoms with Gasteiger partial charge in [0.1, 0.15) is 24.9 Å². The molecule has 1 aliphatic heterocycles. The van der Waals surface area contributed by atoms with Gasteiger partial charge in [0.15, 0.2) is 0 Å². The zero-order chi connectivity index (χ0) is 41.7. The lowest BCUT2D eigenvalue weighted by Gasteiger charge is -2.35. The number of nitrogens with zero attached hydrogens (tertiary/aromatic N) is 1. The minimum atomic E-state index is -1.25. The Kier molecular flexibility index (Phi) is 20.6. The predicted octanol–water partition coefficient (Wildman–Crippen LogP) is 1.67. The van der Waals surface area contributed by atoms with Crippen LogP contribution < -0.4 is 27.0 Å². The first-order valence-electron chi connectivity index (χ1n) is 20.4. The molecule has 6 unspecified atom stereocenters. The summed E-state index contributed by atoms with van der Waals surface area (Å²) in [6.07, 6.45) is 6.61. The molecule has 0 spiro atoms. The Morgan fingerprint density at radius 3 is 2.26 bits per heavy atom. The molecule has 6 atom stereocenters. The van der Waals surface area contributed by atoms with Crippen LogP contribution in [0.2, 0.25) is 0 Å². The summed E-state index contributed by atoms with van der Waals surface area (Å²) >= 11 is 0. The molecule has 16 nitrogen and oxygen atoms in total. The van der Waals surface area contributed by atoms with Crippen molar-refractivity contribution < 1.29 is 47.8 Å². The molecule has 16 heteroatoms. The molecule has 318 valence electrons. The summed E-state index contributed by atoms with van der Waals surface area (Å²) in [6.45, 7) is 5.52. The van der Waals surface area contributed by atoms with E-state index in [2.05, 4.69) is 21.3 Å². The van der Waals surface area contributed by atoms with Gasteiger partial charge in [0.25, 0.3) is 5.91 Å². The average molecular weight is 801 g/mol. The van der Waals surface area contributed by atoms with E-state index in [1.54, 1.807) is 14.0 Å².